The van der Waals surface area contributed by atoms with E-state index in [-0.39, 0.29) is 22.5 Å². The molecule has 0 bridgehead atoms. The van der Waals surface area contributed by atoms with Crippen LogP contribution in [0.15, 0.2) is 72.0 Å². The normalized spacial score (nSPS) is 16.0. The first-order valence-corrected chi connectivity index (χ1v) is 10.2. The second-order valence-corrected chi connectivity index (χ2v) is 7.55. The highest BCUT2D eigenvalue weighted by atomic mass is 19.4. The van der Waals surface area contributed by atoms with Gasteiger partial charge >= 0.3 is 6.36 Å². The fourth-order valence-electron chi connectivity index (χ4n) is 3.66. The van der Waals surface area contributed by atoms with Gasteiger partial charge < -0.3 is 14.6 Å². The maximum atomic E-state index is 13.4. The summed E-state index contributed by atoms with van der Waals surface area (Å²) in [5.74, 6) is -2.29. The molecule has 2 aromatic carbocycles. The molecular formula is C24H18F3N3O5. The Balaban J connectivity index is 1.80. The van der Waals surface area contributed by atoms with Crippen LogP contribution in [0.1, 0.15) is 27.7 Å². The molecule has 1 N–H and O–H groups in total. The largest absolute Gasteiger partial charge is 0.573 e. The first kappa shape index (κ1) is 23.7. The Morgan fingerprint density at radius 3 is 2.14 bits per heavy atom. The number of methoxy groups -OCH3 is 1. The Morgan fingerprint density at radius 1 is 0.971 bits per heavy atom. The number of aryl methyl sites for hydroxylation is 1. The van der Waals surface area contributed by atoms with Gasteiger partial charge in [-0.05, 0) is 61.0 Å². The van der Waals surface area contributed by atoms with Gasteiger partial charge in [0.25, 0.3) is 5.91 Å². The summed E-state index contributed by atoms with van der Waals surface area (Å²) >= 11 is 0. The molecule has 1 aromatic heterocycles. The van der Waals surface area contributed by atoms with E-state index in [2.05, 4.69) is 14.9 Å². The Kier molecular flexibility index (Phi) is 6.16. The van der Waals surface area contributed by atoms with E-state index in [4.69, 9.17) is 4.74 Å². The zero-order valence-electron chi connectivity index (χ0n) is 18.4. The van der Waals surface area contributed by atoms with Crippen molar-refractivity contribution in [3.05, 3.63) is 88.8 Å². The van der Waals surface area contributed by atoms with Gasteiger partial charge in [-0.25, -0.2) is 0 Å². The molecule has 3 aromatic rings. The number of benzene rings is 2. The van der Waals surface area contributed by atoms with Crippen molar-refractivity contribution in [1.29, 1.82) is 0 Å². The number of carbonyl (C=O) groups excluding carboxylic acids is 2. The number of anilines is 1. The van der Waals surface area contributed by atoms with Crippen LogP contribution in [-0.2, 0) is 4.79 Å². The van der Waals surface area contributed by atoms with Gasteiger partial charge in [-0.2, -0.15) is 5.10 Å². The number of alkyl halides is 3. The van der Waals surface area contributed by atoms with Crippen molar-refractivity contribution >= 4 is 17.5 Å². The van der Waals surface area contributed by atoms with Crippen molar-refractivity contribution in [2.45, 2.75) is 19.3 Å². The maximum absolute atomic E-state index is 13.4. The average Bonchev–Trinajstić information content (AvgIpc) is 3.09. The van der Waals surface area contributed by atoms with Crippen LogP contribution in [0, 0.1) is 6.92 Å². The molecule has 0 saturated carbocycles. The average molecular weight is 485 g/mol. The first-order valence-electron chi connectivity index (χ1n) is 10.2. The predicted molar refractivity (Wildman–Crippen MR) is 117 cm³/mol. The van der Waals surface area contributed by atoms with Gasteiger partial charge in [-0.3, -0.25) is 14.5 Å². The molecule has 8 nitrogen and oxygen atoms in total. The summed E-state index contributed by atoms with van der Waals surface area (Å²) in [6, 6.07) is 12.6. The summed E-state index contributed by atoms with van der Waals surface area (Å²) in [6.45, 7) is 1.69. The summed E-state index contributed by atoms with van der Waals surface area (Å²) in [6.07, 6.45) is -4.89. The highest BCUT2D eigenvalue weighted by Gasteiger charge is 2.45. The number of hydrogen-bond acceptors (Lipinski definition) is 7. The number of rotatable bonds is 6. The van der Waals surface area contributed by atoms with Crippen LogP contribution in [0.4, 0.5) is 19.0 Å². The Labute approximate surface area is 197 Å². The lowest BCUT2D eigenvalue weighted by molar-refractivity contribution is -0.274. The topological polar surface area (TPSA) is 102 Å². The maximum Gasteiger partial charge on any atom is 0.573 e. The van der Waals surface area contributed by atoms with Crippen molar-refractivity contribution in [3.63, 3.8) is 0 Å². The first-order chi connectivity index (χ1) is 16.6. The van der Waals surface area contributed by atoms with E-state index in [1.54, 1.807) is 25.1 Å². The zero-order chi connectivity index (χ0) is 25.3. The molecule has 0 spiro atoms. The molecule has 0 radical (unpaired) electrons. The number of halogens is 3. The van der Waals surface area contributed by atoms with Crippen LogP contribution in [-0.4, -0.2) is 40.5 Å². The Morgan fingerprint density at radius 2 is 1.60 bits per heavy atom. The number of ether oxygens (including phenoxy) is 2. The molecular weight excluding hydrogens is 467 g/mol. The van der Waals surface area contributed by atoms with Gasteiger partial charge in [-0.15, -0.1) is 18.3 Å². The quantitative estimate of drug-likeness (QED) is 0.514. The van der Waals surface area contributed by atoms with Crippen molar-refractivity contribution in [1.82, 2.24) is 10.2 Å². The van der Waals surface area contributed by atoms with Gasteiger partial charge in [0.1, 0.15) is 11.5 Å². The van der Waals surface area contributed by atoms with Crippen LogP contribution in [0.25, 0.3) is 0 Å². The molecule has 4 rings (SSSR count). The van der Waals surface area contributed by atoms with Crippen molar-refractivity contribution < 1.29 is 37.3 Å². The van der Waals surface area contributed by atoms with Gasteiger partial charge in [0.2, 0.25) is 0 Å². The number of hydrogen-bond donors (Lipinski definition) is 1. The number of aromatic nitrogens is 2. The third-order valence-corrected chi connectivity index (χ3v) is 5.26. The number of nitrogens with zero attached hydrogens (tertiary/aromatic N) is 3. The standard InChI is InChI=1S/C24H18F3N3O5/c1-13-3-12-18(29-28-13)30-20(14-4-10-17(11-5-14)35-24(25,26)27)19(22(32)23(30)33)21(31)15-6-8-16(34-2)9-7-15/h3-12,20,32H,1-2H3. The SMILES string of the molecule is COc1ccc(C(=O)C2=C(O)C(=O)N(c3ccc(C)nn3)C2c2ccc(OC(F)(F)F)cc2)cc1. The Hall–Kier alpha value is -4.41. The van der Waals surface area contributed by atoms with Crippen molar-refractivity contribution in [2.75, 3.05) is 12.0 Å². The number of ketones is 1. The fourth-order valence-corrected chi connectivity index (χ4v) is 3.66. The highest BCUT2D eigenvalue weighted by molar-refractivity contribution is 6.20. The third kappa shape index (κ3) is 4.79. The zero-order valence-corrected chi connectivity index (χ0v) is 18.4. The molecule has 1 unspecified atom stereocenters. The number of carbonyl (C=O) groups is 2. The highest BCUT2D eigenvalue weighted by Crippen LogP contribution is 2.41. The lowest BCUT2D eigenvalue weighted by atomic mass is 9.92. The van der Waals surface area contributed by atoms with Gasteiger partial charge in [-0.1, -0.05) is 12.1 Å². The van der Waals surface area contributed by atoms with Crippen molar-refractivity contribution in [2.24, 2.45) is 0 Å². The van der Waals surface area contributed by atoms with Gasteiger partial charge in [0.15, 0.2) is 17.4 Å². The smallest absolute Gasteiger partial charge is 0.503 e. The molecule has 0 fully saturated rings. The van der Waals surface area contributed by atoms with E-state index in [1.165, 1.54) is 37.4 Å². The number of Topliss-reactive ketones (excluding diaryl/α,β-unsaturated/α-hetero) is 1. The minimum atomic E-state index is -4.89. The van der Waals surface area contributed by atoms with Crippen LogP contribution < -0.4 is 14.4 Å². The summed E-state index contributed by atoms with van der Waals surface area (Å²) in [5, 5.41) is 18.7. The number of aliphatic hydroxyl groups excluding tert-OH is 1. The van der Waals surface area contributed by atoms with Crippen molar-refractivity contribution in [3.8, 4) is 11.5 Å². The van der Waals surface area contributed by atoms with Crippen LogP contribution >= 0.6 is 0 Å². The molecule has 1 amide bonds. The number of amides is 1. The van der Waals surface area contributed by atoms with Crippen LogP contribution in [0.3, 0.4) is 0 Å². The van der Waals surface area contributed by atoms with Crippen LogP contribution in [0.2, 0.25) is 0 Å². The summed E-state index contributed by atoms with van der Waals surface area (Å²) in [7, 11) is 1.46. The van der Waals surface area contributed by atoms with E-state index in [0.717, 1.165) is 17.0 Å². The second kappa shape index (κ2) is 9.09. The predicted octanol–water partition coefficient (Wildman–Crippen LogP) is 4.48. The molecule has 11 heteroatoms. The van der Waals surface area contributed by atoms with E-state index in [9.17, 15) is 27.9 Å². The molecule has 1 aliphatic heterocycles. The number of aliphatic hydroxyl groups is 1. The van der Waals surface area contributed by atoms with E-state index >= 15 is 0 Å². The fraction of sp³-hybridized carbons (Fsp3) is 0.167. The summed E-state index contributed by atoms with van der Waals surface area (Å²) in [5.41, 5.74) is 0.722. The van der Waals surface area contributed by atoms with E-state index in [1.807, 2.05) is 0 Å². The van der Waals surface area contributed by atoms with Gasteiger partial charge in [0, 0.05) is 5.56 Å². The van der Waals surface area contributed by atoms with Crippen LogP contribution in [0.5, 0.6) is 11.5 Å². The molecule has 180 valence electrons. The minimum absolute atomic E-state index is 0.0466. The second-order valence-electron chi connectivity index (χ2n) is 7.55. The lowest BCUT2D eigenvalue weighted by Gasteiger charge is -2.25. The molecule has 2 heterocycles. The molecule has 1 aliphatic rings. The monoisotopic (exact) mass is 485 g/mol. The Bertz CT molecular complexity index is 1290. The minimum Gasteiger partial charge on any atom is -0.503 e. The third-order valence-electron chi connectivity index (χ3n) is 5.26. The van der Waals surface area contributed by atoms with Gasteiger partial charge in [0.05, 0.1) is 24.4 Å². The summed E-state index contributed by atoms with van der Waals surface area (Å²) in [4.78, 5) is 27.6. The van der Waals surface area contributed by atoms with E-state index in [0.29, 0.717) is 11.4 Å². The summed E-state index contributed by atoms with van der Waals surface area (Å²) < 4.78 is 46.8. The lowest BCUT2D eigenvalue weighted by Crippen LogP contribution is -2.32. The molecule has 1 atom stereocenters. The van der Waals surface area contributed by atoms with E-state index < -0.39 is 35.6 Å². The molecule has 35 heavy (non-hydrogen) atoms. The molecule has 0 saturated heterocycles. The molecule has 0 aliphatic carbocycles.